The highest BCUT2D eigenvalue weighted by Crippen LogP contribution is 2.13. The summed E-state index contributed by atoms with van der Waals surface area (Å²) < 4.78 is 14.0. The third-order valence-corrected chi connectivity index (χ3v) is 2.82. The zero-order chi connectivity index (χ0) is 16.1. The lowest BCUT2D eigenvalue weighted by Gasteiger charge is -2.01. The molecule has 0 fully saturated rings. The van der Waals surface area contributed by atoms with E-state index in [1.165, 1.54) is 35.0 Å². The van der Waals surface area contributed by atoms with Gasteiger partial charge >= 0.3 is 11.9 Å². The van der Waals surface area contributed by atoms with E-state index in [4.69, 9.17) is 10.2 Å². The van der Waals surface area contributed by atoms with Crippen molar-refractivity contribution in [1.82, 2.24) is 15.0 Å². The van der Waals surface area contributed by atoms with Crippen LogP contribution in [0.1, 0.15) is 28.2 Å². The lowest BCUT2D eigenvalue weighted by atomic mass is 10.2. The first-order valence-electron chi connectivity index (χ1n) is 6.29. The summed E-state index contributed by atoms with van der Waals surface area (Å²) in [5.41, 5.74) is 0.561. The first-order valence-corrected chi connectivity index (χ1v) is 6.29. The number of rotatable bonds is 6. The van der Waals surface area contributed by atoms with Crippen LogP contribution in [-0.4, -0.2) is 37.1 Å². The third-order valence-electron chi connectivity index (χ3n) is 2.82. The quantitative estimate of drug-likeness (QED) is 0.842. The Labute approximate surface area is 124 Å². The number of aromatic nitrogens is 3. The van der Waals surface area contributed by atoms with E-state index in [0.717, 1.165) is 0 Å². The third kappa shape index (κ3) is 3.75. The Hall–Kier alpha value is -3.03. The minimum Gasteiger partial charge on any atom is -0.481 e. The van der Waals surface area contributed by atoms with Gasteiger partial charge in [-0.15, -0.1) is 5.10 Å². The van der Waals surface area contributed by atoms with E-state index in [1.807, 2.05) is 0 Å². The van der Waals surface area contributed by atoms with Crippen molar-refractivity contribution in [3.8, 4) is 0 Å². The second-order valence-electron chi connectivity index (χ2n) is 4.38. The van der Waals surface area contributed by atoms with Crippen LogP contribution in [0.4, 0.5) is 4.39 Å². The van der Waals surface area contributed by atoms with E-state index in [0.29, 0.717) is 5.56 Å². The molecule has 0 spiro atoms. The maximum absolute atomic E-state index is 12.8. The summed E-state index contributed by atoms with van der Waals surface area (Å²) in [6.07, 6.45) is 2.82. The number of carboxylic acids is 2. The van der Waals surface area contributed by atoms with Crippen LogP contribution in [0.5, 0.6) is 0 Å². The number of nitrogens with zero attached hydrogens (tertiary/aromatic N) is 3. The van der Waals surface area contributed by atoms with Gasteiger partial charge < -0.3 is 10.2 Å². The highest BCUT2D eigenvalue weighted by molar-refractivity contribution is 5.90. The summed E-state index contributed by atoms with van der Waals surface area (Å²) in [7, 11) is 0. The zero-order valence-corrected chi connectivity index (χ0v) is 11.3. The standard InChI is InChI=1S/C14H12FN3O4/c15-10-4-1-9(2-5-10)3-6-11-13(14(21)22)16-17-18(11)8-7-12(19)20/h1-6H,7-8H2,(H,19,20)(H,21,22)/b6-3+. The van der Waals surface area contributed by atoms with Gasteiger partial charge in [-0.3, -0.25) is 4.79 Å². The van der Waals surface area contributed by atoms with Crippen molar-refractivity contribution >= 4 is 24.1 Å². The maximum atomic E-state index is 12.8. The minimum atomic E-state index is -1.26. The van der Waals surface area contributed by atoms with E-state index >= 15 is 0 Å². The van der Waals surface area contributed by atoms with Gasteiger partial charge in [-0.2, -0.15) is 0 Å². The number of hydrogen-bond acceptors (Lipinski definition) is 4. The largest absolute Gasteiger partial charge is 0.481 e. The number of aromatic carboxylic acids is 1. The Morgan fingerprint density at radius 1 is 1.18 bits per heavy atom. The molecule has 0 saturated heterocycles. The topological polar surface area (TPSA) is 105 Å². The highest BCUT2D eigenvalue weighted by atomic mass is 19.1. The molecule has 0 bridgehead atoms. The highest BCUT2D eigenvalue weighted by Gasteiger charge is 2.17. The smallest absolute Gasteiger partial charge is 0.358 e. The second kappa shape index (κ2) is 6.61. The van der Waals surface area contributed by atoms with Gasteiger partial charge in [0, 0.05) is 0 Å². The molecule has 0 aliphatic heterocycles. The number of aryl methyl sites for hydroxylation is 1. The van der Waals surface area contributed by atoms with Gasteiger partial charge in [0.05, 0.1) is 18.7 Å². The van der Waals surface area contributed by atoms with E-state index in [9.17, 15) is 14.0 Å². The summed E-state index contributed by atoms with van der Waals surface area (Å²) in [4.78, 5) is 21.7. The van der Waals surface area contributed by atoms with Crippen LogP contribution in [-0.2, 0) is 11.3 Å². The predicted molar refractivity (Wildman–Crippen MR) is 74.6 cm³/mol. The molecular weight excluding hydrogens is 293 g/mol. The average molecular weight is 305 g/mol. The number of carbonyl (C=O) groups is 2. The number of hydrogen-bond donors (Lipinski definition) is 2. The fourth-order valence-electron chi connectivity index (χ4n) is 1.75. The maximum Gasteiger partial charge on any atom is 0.358 e. The molecule has 0 aliphatic rings. The molecule has 0 aliphatic carbocycles. The Bertz CT molecular complexity index is 722. The molecule has 0 radical (unpaired) electrons. The SMILES string of the molecule is O=C(O)CCn1nnc(C(=O)O)c1/C=C/c1ccc(F)cc1. The van der Waals surface area contributed by atoms with Crippen LogP contribution >= 0.6 is 0 Å². The van der Waals surface area contributed by atoms with Crippen molar-refractivity contribution < 1.29 is 24.2 Å². The van der Waals surface area contributed by atoms with Gasteiger partial charge in [0.25, 0.3) is 0 Å². The van der Waals surface area contributed by atoms with E-state index < -0.39 is 11.9 Å². The second-order valence-corrected chi connectivity index (χ2v) is 4.38. The van der Waals surface area contributed by atoms with Crippen LogP contribution in [0.3, 0.4) is 0 Å². The summed E-state index contributed by atoms with van der Waals surface area (Å²) in [6.45, 7) is -0.00129. The van der Waals surface area contributed by atoms with Crippen molar-refractivity contribution in [2.75, 3.05) is 0 Å². The van der Waals surface area contributed by atoms with Crippen LogP contribution in [0.25, 0.3) is 12.2 Å². The fraction of sp³-hybridized carbons (Fsp3) is 0.143. The van der Waals surface area contributed by atoms with E-state index in [2.05, 4.69) is 10.3 Å². The first kappa shape index (κ1) is 15.4. The molecule has 0 saturated carbocycles. The van der Waals surface area contributed by atoms with Gasteiger partial charge in [-0.1, -0.05) is 23.4 Å². The Morgan fingerprint density at radius 2 is 1.86 bits per heavy atom. The van der Waals surface area contributed by atoms with Gasteiger partial charge in [0.15, 0.2) is 5.69 Å². The Kier molecular flexibility index (Phi) is 4.62. The average Bonchev–Trinajstić information content (AvgIpc) is 2.87. The van der Waals surface area contributed by atoms with Crippen molar-refractivity contribution in [2.24, 2.45) is 0 Å². The summed E-state index contributed by atoms with van der Waals surface area (Å²) in [5.74, 6) is -2.67. The molecule has 0 unspecified atom stereocenters. The normalized spacial score (nSPS) is 11.0. The Balaban J connectivity index is 2.30. The van der Waals surface area contributed by atoms with Crippen molar-refractivity contribution in [2.45, 2.75) is 13.0 Å². The van der Waals surface area contributed by atoms with Crippen LogP contribution in [0.2, 0.25) is 0 Å². The molecule has 7 nitrogen and oxygen atoms in total. The minimum absolute atomic E-state index is 0.00129. The molecule has 0 atom stereocenters. The zero-order valence-electron chi connectivity index (χ0n) is 11.3. The number of halogens is 1. The van der Waals surface area contributed by atoms with Gasteiger partial charge in [-0.05, 0) is 23.8 Å². The molecule has 2 N–H and O–H groups in total. The number of carboxylic acid groups (broad SMARTS) is 2. The molecule has 2 aromatic rings. The molecule has 114 valence electrons. The molecule has 1 aromatic heterocycles. The number of aliphatic carboxylic acids is 1. The van der Waals surface area contributed by atoms with Gasteiger partial charge in [-0.25, -0.2) is 13.9 Å². The molecule has 0 amide bonds. The molecule has 8 heteroatoms. The number of benzene rings is 1. The summed E-state index contributed by atoms with van der Waals surface area (Å²) in [6, 6.07) is 5.60. The molecule has 1 heterocycles. The molecule has 2 rings (SSSR count). The van der Waals surface area contributed by atoms with Crippen LogP contribution < -0.4 is 0 Å². The van der Waals surface area contributed by atoms with Crippen LogP contribution in [0.15, 0.2) is 24.3 Å². The van der Waals surface area contributed by atoms with E-state index in [1.54, 1.807) is 6.08 Å². The fourth-order valence-corrected chi connectivity index (χ4v) is 1.75. The van der Waals surface area contributed by atoms with Gasteiger partial charge in [0.2, 0.25) is 0 Å². The molecule has 22 heavy (non-hydrogen) atoms. The van der Waals surface area contributed by atoms with Crippen molar-refractivity contribution in [3.63, 3.8) is 0 Å². The first-order chi connectivity index (χ1) is 10.5. The lowest BCUT2D eigenvalue weighted by molar-refractivity contribution is -0.137. The van der Waals surface area contributed by atoms with Gasteiger partial charge in [0.1, 0.15) is 5.82 Å². The lowest BCUT2D eigenvalue weighted by Crippen LogP contribution is -2.08. The van der Waals surface area contributed by atoms with Crippen LogP contribution in [0, 0.1) is 5.82 Å². The molecular formula is C14H12FN3O4. The van der Waals surface area contributed by atoms with E-state index in [-0.39, 0.29) is 30.2 Å². The monoisotopic (exact) mass is 305 g/mol. The summed E-state index contributed by atoms with van der Waals surface area (Å²) in [5, 5.41) is 24.9. The summed E-state index contributed by atoms with van der Waals surface area (Å²) >= 11 is 0. The predicted octanol–water partition coefficient (Wildman–Crippen LogP) is 1.76. The Morgan fingerprint density at radius 3 is 2.45 bits per heavy atom. The van der Waals surface area contributed by atoms with Crippen molar-refractivity contribution in [3.05, 3.63) is 47.0 Å². The van der Waals surface area contributed by atoms with Crippen molar-refractivity contribution in [1.29, 1.82) is 0 Å². The molecule has 1 aromatic carbocycles.